The van der Waals surface area contributed by atoms with E-state index in [4.69, 9.17) is 14.2 Å². The summed E-state index contributed by atoms with van der Waals surface area (Å²) < 4.78 is 16.9. The number of hydrogen-bond donors (Lipinski definition) is 1. The van der Waals surface area contributed by atoms with Crippen LogP contribution in [0.3, 0.4) is 0 Å². The highest BCUT2D eigenvalue weighted by atomic mass is 79.9. The van der Waals surface area contributed by atoms with Crippen LogP contribution in [0, 0.1) is 0 Å². The van der Waals surface area contributed by atoms with Crippen LogP contribution in [0.25, 0.3) is 0 Å². The number of carbonyl (C=O) groups excluding carboxylic acids is 1. The quantitative estimate of drug-likeness (QED) is 0.755. The first-order valence-corrected chi connectivity index (χ1v) is 8.62. The third-order valence-electron chi connectivity index (χ3n) is 3.84. The predicted molar refractivity (Wildman–Crippen MR) is 101 cm³/mol. The van der Waals surface area contributed by atoms with E-state index in [1.54, 1.807) is 33.5 Å². The molecule has 5 nitrogen and oxygen atoms in total. The second-order valence-corrected chi connectivity index (χ2v) is 6.38. The predicted octanol–water partition coefficient (Wildman–Crippen LogP) is 3.89. The van der Waals surface area contributed by atoms with Crippen LogP contribution in [0.4, 0.5) is 0 Å². The molecule has 1 unspecified atom stereocenters. The Bertz CT molecular complexity index is 723. The number of carbonyl (C=O) groups is 1. The zero-order chi connectivity index (χ0) is 18.4. The fourth-order valence-electron chi connectivity index (χ4n) is 2.62. The molecule has 2 aromatic rings. The van der Waals surface area contributed by atoms with E-state index in [9.17, 15) is 4.79 Å². The first-order chi connectivity index (χ1) is 12.0. The highest BCUT2D eigenvalue weighted by Crippen LogP contribution is 2.38. The minimum absolute atomic E-state index is 0.0856. The van der Waals surface area contributed by atoms with Gasteiger partial charge in [0.05, 0.1) is 33.8 Å². The molecule has 2 aromatic carbocycles. The van der Waals surface area contributed by atoms with E-state index >= 15 is 0 Å². The number of methoxy groups -OCH3 is 3. The molecular weight excluding hydrogens is 386 g/mol. The molecule has 6 heteroatoms. The largest absolute Gasteiger partial charge is 0.493 e. The SMILES string of the molecule is COc1cc(CC(=O)NC(C)c2ccccc2Br)cc(OC)c1OC. The Hall–Kier alpha value is -2.21. The van der Waals surface area contributed by atoms with Gasteiger partial charge in [-0.15, -0.1) is 0 Å². The van der Waals surface area contributed by atoms with E-state index in [-0.39, 0.29) is 18.4 Å². The van der Waals surface area contributed by atoms with E-state index in [0.29, 0.717) is 17.2 Å². The lowest BCUT2D eigenvalue weighted by atomic mass is 10.1. The van der Waals surface area contributed by atoms with Crippen molar-refractivity contribution in [3.8, 4) is 17.2 Å². The molecule has 1 amide bonds. The van der Waals surface area contributed by atoms with Crippen LogP contribution in [0.15, 0.2) is 40.9 Å². The van der Waals surface area contributed by atoms with Crippen molar-refractivity contribution in [3.05, 3.63) is 52.0 Å². The van der Waals surface area contributed by atoms with Crippen molar-refractivity contribution in [3.63, 3.8) is 0 Å². The van der Waals surface area contributed by atoms with Gasteiger partial charge in [0.15, 0.2) is 11.5 Å². The number of amides is 1. The zero-order valence-corrected chi connectivity index (χ0v) is 16.3. The Kier molecular flexibility index (Phi) is 6.70. The second kappa shape index (κ2) is 8.76. The Balaban J connectivity index is 2.14. The van der Waals surface area contributed by atoms with Gasteiger partial charge >= 0.3 is 0 Å². The number of nitrogens with one attached hydrogen (secondary N) is 1. The van der Waals surface area contributed by atoms with Gasteiger partial charge in [0, 0.05) is 4.47 Å². The summed E-state index contributed by atoms with van der Waals surface area (Å²) in [5, 5.41) is 3.01. The molecule has 0 fully saturated rings. The van der Waals surface area contributed by atoms with Crippen LogP contribution < -0.4 is 19.5 Å². The summed E-state index contributed by atoms with van der Waals surface area (Å²) in [6, 6.07) is 11.3. The Labute approximate surface area is 156 Å². The van der Waals surface area contributed by atoms with Gasteiger partial charge in [-0.2, -0.15) is 0 Å². The third-order valence-corrected chi connectivity index (χ3v) is 4.56. The lowest BCUT2D eigenvalue weighted by Gasteiger charge is -2.17. The van der Waals surface area contributed by atoms with E-state index in [0.717, 1.165) is 15.6 Å². The molecule has 0 aliphatic heterocycles. The van der Waals surface area contributed by atoms with Crippen molar-refractivity contribution in [2.24, 2.45) is 0 Å². The average Bonchev–Trinajstić information content (AvgIpc) is 2.60. The molecule has 0 radical (unpaired) electrons. The first kappa shape index (κ1) is 19.1. The number of benzene rings is 2. The molecule has 0 heterocycles. The van der Waals surface area contributed by atoms with Crippen LogP contribution in [0.1, 0.15) is 24.1 Å². The minimum Gasteiger partial charge on any atom is -0.493 e. The smallest absolute Gasteiger partial charge is 0.224 e. The van der Waals surface area contributed by atoms with Gasteiger partial charge in [-0.25, -0.2) is 0 Å². The molecule has 1 N–H and O–H groups in total. The molecular formula is C19H22BrNO4. The van der Waals surface area contributed by atoms with E-state index in [1.165, 1.54) is 0 Å². The van der Waals surface area contributed by atoms with Crippen LogP contribution in [0.2, 0.25) is 0 Å². The average molecular weight is 408 g/mol. The summed E-state index contributed by atoms with van der Waals surface area (Å²) in [5.41, 5.74) is 1.81. The van der Waals surface area contributed by atoms with Crippen molar-refractivity contribution in [2.75, 3.05) is 21.3 Å². The van der Waals surface area contributed by atoms with Crippen LogP contribution >= 0.6 is 15.9 Å². The normalized spacial score (nSPS) is 11.6. The summed E-state index contributed by atoms with van der Waals surface area (Å²) in [6.45, 7) is 1.95. The topological polar surface area (TPSA) is 56.8 Å². The van der Waals surface area contributed by atoms with Crippen LogP contribution in [-0.2, 0) is 11.2 Å². The zero-order valence-electron chi connectivity index (χ0n) is 14.8. The molecule has 134 valence electrons. The Morgan fingerprint density at radius 3 is 2.20 bits per heavy atom. The molecule has 0 bridgehead atoms. The summed E-state index contributed by atoms with van der Waals surface area (Å²) in [7, 11) is 4.65. The minimum atomic E-state index is -0.106. The molecule has 0 aliphatic carbocycles. The van der Waals surface area contributed by atoms with Gasteiger partial charge in [-0.05, 0) is 36.2 Å². The van der Waals surface area contributed by atoms with Crippen molar-refractivity contribution < 1.29 is 19.0 Å². The molecule has 0 saturated heterocycles. The van der Waals surface area contributed by atoms with Crippen molar-refractivity contribution in [1.29, 1.82) is 0 Å². The van der Waals surface area contributed by atoms with Gasteiger partial charge in [0.2, 0.25) is 11.7 Å². The summed E-state index contributed by atoms with van der Waals surface area (Å²) in [4.78, 5) is 12.4. The van der Waals surface area contributed by atoms with E-state index in [1.807, 2.05) is 31.2 Å². The van der Waals surface area contributed by atoms with Crippen molar-refractivity contribution in [1.82, 2.24) is 5.32 Å². The van der Waals surface area contributed by atoms with Crippen LogP contribution in [-0.4, -0.2) is 27.2 Å². The van der Waals surface area contributed by atoms with Crippen molar-refractivity contribution >= 4 is 21.8 Å². The highest BCUT2D eigenvalue weighted by molar-refractivity contribution is 9.10. The third kappa shape index (κ3) is 4.66. The van der Waals surface area contributed by atoms with E-state index in [2.05, 4.69) is 21.2 Å². The summed E-state index contributed by atoms with van der Waals surface area (Å²) in [5.74, 6) is 1.49. The number of rotatable bonds is 7. The maximum absolute atomic E-state index is 12.4. The van der Waals surface area contributed by atoms with Crippen molar-refractivity contribution in [2.45, 2.75) is 19.4 Å². The van der Waals surface area contributed by atoms with E-state index < -0.39 is 0 Å². The number of ether oxygens (including phenoxy) is 3. The fraction of sp³-hybridized carbons (Fsp3) is 0.316. The monoisotopic (exact) mass is 407 g/mol. The van der Waals surface area contributed by atoms with Gasteiger partial charge in [0.25, 0.3) is 0 Å². The number of halogens is 1. The summed E-state index contributed by atoms with van der Waals surface area (Å²) >= 11 is 3.51. The Morgan fingerprint density at radius 2 is 1.68 bits per heavy atom. The molecule has 25 heavy (non-hydrogen) atoms. The molecule has 0 saturated carbocycles. The van der Waals surface area contributed by atoms with Gasteiger partial charge in [-0.3, -0.25) is 4.79 Å². The van der Waals surface area contributed by atoms with Crippen LogP contribution in [0.5, 0.6) is 17.2 Å². The molecule has 0 spiro atoms. The van der Waals surface area contributed by atoms with Gasteiger partial charge in [-0.1, -0.05) is 34.1 Å². The second-order valence-electron chi connectivity index (χ2n) is 5.52. The lowest BCUT2D eigenvalue weighted by molar-refractivity contribution is -0.121. The van der Waals surface area contributed by atoms with Gasteiger partial charge in [0.1, 0.15) is 0 Å². The fourth-order valence-corrected chi connectivity index (χ4v) is 3.25. The Morgan fingerprint density at radius 1 is 1.08 bits per heavy atom. The highest BCUT2D eigenvalue weighted by Gasteiger charge is 2.16. The maximum atomic E-state index is 12.4. The standard InChI is InChI=1S/C19H22BrNO4/c1-12(14-7-5-6-8-15(14)20)21-18(22)11-13-9-16(23-2)19(25-4)17(10-13)24-3/h5-10,12H,11H2,1-4H3,(H,21,22). The summed E-state index contributed by atoms with van der Waals surface area (Å²) in [6.07, 6.45) is 0.214. The maximum Gasteiger partial charge on any atom is 0.224 e. The molecule has 1 atom stereocenters. The lowest BCUT2D eigenvalue weighted by Crippen LogP contribution is -2.28. The first-order valence-electron chi connectivity index (χ1n) is 7.82. The number of hydrogen-bond acceptors (Lipinski definition) is 4. The molecule has 2 rings (SSSR count). The molecule has 0 aliphatic rings. The van der Waals surface area contributed by atoms with Gasteiger partial charge < -0.3 is 19.5 Å². The molecule has 0 aromatic heterocycles.